The first-order valence-corrected chi connectivity index (χ1v) is 6.55. The van der Waals surface area contributed by atoms with Gasteiger partial charge in [0.1, 0.15) is 0 Å². The second-order valence-corrected chi connectivity index (χ2v) is 4.16. The number of allylic oxidation sites excluding steroid dienone is 1. The van der Waals surface area contributed by atoms with E-state index in [2.05, 4.69) is 19.1 Å². The van der Waals surface area contributed by atoms with Crippen molar-refractivity contribution in [1.82, 2.24) is 0 Å². The lowest BCUT2D eigenvalue weighted by Crippen LogP contribution is -1.98. The number of hydrogen-bond acceptors (Lipinski definition) is 2. The Hall–Kier alpha value is -0.790. The number of carbonyl (C=O) groups excluding carboxylic acids is 1. The summed E-state index contributed by atoms with van der Waals surface area (Å²) in [5.74, 6) is -0.190. The minimum atomic E-state index is -0.190. The Morgan fingerprint density at radius 2 is 1.62 bits per heavy atom. The predicted octanol–water partition coefficient (Wildman–Crippen LogP) is 4.25. The molecule has 0 amide bonds. The van der Waals surface area contributed by atoms with Crippen LogP contribution in [0.3, 0.4) is 0 Å². The number of hydrogen-bond donors (Lipinski definition) is 0. The van der Waals surface area contributed by atoms with Crippen LogP contribution < -0.4 is 0 Å². The number of unbranched alkanes of at least 4 members (excludes halogenated alkanes) is 6. The molecule has 0 saturated heterocycles. The third kappa shape index (κ3) is 13.2. The van der Waals surface area contributed by atoms with Gasteiger partial charge in [-0.05, 0) is 19.3 Å². The van der Waals surface area contributed by atoms with Crippen LogP contribution in [-0.2, 0) is 9.53 Å². The monoisotopic (exact) mass is 226 g/mol. The molecule has 0 rings (SSSR count). The van der Waals surface area contributed by atoms with Gasteiger partial charge in [0, 0.05) is 6.92 Å². The van der Waals surface area contributed by atoms with E-state index >= 15 is 0 Å². The number of esters is 1. The molecule has 0 aliphatic rings. The maximum Gasteiger partial charge on any atom is 0.302 e. The van der Waals surface area contributed by atoms with Gasteiger partial charge in [0.25, 0.3) is 0 Å². The van der Waals surface area contributed by atoms with E-state index in [9.17, 15) is 4.79 Å². The quantitative estimate of drug-likeness (QED) is 0.316. The smallest absolute Gasteiger partial charge is 0.302 e. The van der Waals surface area contributed by atoms with Gasteiger partial charge in [-0.15, -0.1) is 0 Å². The minimum absolute atomic E-state index is 0.190. The molecular formula is C14H26O2. The van der Waals surface area contributed by atoms with Crippen molar-refractivity contribution in [1.29, 1.82) is 0 Å². The van der Waals surface area contributed by atoms with Crippen LogP contribution in [-0.4, -0.2) is 12.6 Å². The molecule has 0 spiro atoms. The van der Waals surface area contributed by atoms with Crippen LogP contribution in [0.2, 0.25) is 0 Å². The molecule has 0 saturated carbocycles. The second kappa shape index (κ2) is 12.3. The Morgan fingerprint density at radius 1 is 1.00 bits per heavy atom. The highest BCUT2D eigenvalue weighted by atomic mass is 16.5. The maximum atomic E-state index is 10.5. The third-order valence-electron chi connectivity index (χ3n) is 2.48. The fourth-order valence-electron chi connectivity index (χ4n) is 1.55. The molecule has 2 heteroatoms. The standard InChI is InChI=1S/C14H26O2/c1-3-4-5-6-7-8-9-10-11-12-13-16-14(2)15/h10-11H,3-9,12-13H2,1-2H3/b11-10+. The summed E-state index contributed by atoms with van der Waals surface area (Å²) in [4.78, 5) is 10.5. The summed E-state index contributed by atoms with van der Waals surface area (Å²) in [7, 11) is 0. The van der Waals surface area contributed by atoms with Crippen molar-refractivity contribution in [3.63, 3.8) is 0 Å². The summed E-state index contributed by atoms with van der Waals surface area (Å²) in [6.07, 6.45) is 14.4. The highest BCUT2D eigenvalue weighted by molar-refractivity contribution is 5.65. The van der Waals surface area contributed by atoms with Gasteiger partial charge in [0.05, 0.1) is 6.61 Å². The zero-order valence-corrected chi connectivity index (χ0v) is 10.8. The summed E-state index contributed by atoms with van der Waals surface area (Å²) < 4.78 is 4.82. The fraction of sp³-hybridized carbons (Fsp3) is 0.786. The summed E-state index contributed by atoms with van der Waals surface area (Å²) in [6.45, 7) is 4.20. The van der Waals surface area contributed by atoms with Gasteiger partial charge >= 0.3 is 5.97 Å². The molecule has 0 heterocycles. The van der Waals surface area contributed by atoms with E-state index in [1.165, 1.54) is 45.4 Å². The van der Waals surface area contributed by atoms with Gasteiger partial charge in [-0.1, -0.05) is 51.2 Å². The van der Waals surface area contributed by atoms with Gasteiger partial charge in [-0.2, -0.15) is 0 Å². The molecule has 0 aliphatic heterocycles. The first-order chi connectivity index (χ1) is 7.77. The molecule has 0 bridgehead atoms. The van der Waals surface area contributed by atoms with Crippen LogP contribution in [0, 0.1) is 0 Å². The minimum Gasteiger partial charge on any atom is -0.466 e. The molecule has 0 aromatic carbocycles. The van der Waals surface area contributed by atoms with E-state index in [1.54, 1.807) is 0 Å². The summed E-state index contributed by atoms with van der Waals surface area (Å²) in [5, 5.41) is 0. The largest absolute Gasteiger partial charge is 0.466 e. The van der Waals surface area contributed by atoms with Gasteiger partial charge in [-0.25, -0.2) is 0 Å². The van der Waals surface area contributed by atoms with Crippen LogP contribution in [0.25, 0.3) is 0 Å². The van der Waals surface area contributed by atoms with Crippen molar-refractivity contribution >= 4 is 5.97 Å². The van der Waals surface area contributed by atoms with E-state index in [1.807, 2.05) is 0 Å². The van der Waals surface area contributed by atoms with E-state index in [-0.39, 0.29) is 5.97 Å². The van der Waals surface area contributed by atoms with Crippen molar-refractivity contribution in [3.8, 4) is 0 Å². The number of carbonyl (C=O) groups is 1. The first kappa shape index (κ1) is 15.2. The SMILES string of the molecule is CCCCCCCC/C=C/CCOC(C)=O. The molecule has 0 aromatic heterocycles. The van der Waals surface area contributed by atoms with Crippen molar-refractivity contribution in [3.05, 3.63) is 12.2 Å². The summed E-state index contributed by atoms with van der Waals surface area (Å²) in [5.41, 5.74) is 0. The molecule has 0 radical (unpaired) electrons. The van der Waals surface area contributed by atoms with Gasteiger partial charge in [0.2, 0.25) is 0 Å². The average Bonchev–Trinajstić information content (AvgIpc) is 2.25. The third-order valence-corrected chi connectivity index (χ3v) is 2.48. The number of ether oxygens (including phenoxy) is 1. The molecule has 0 atom stereocenters. The fourth-order valence-corrected chi connectivity index (χ4v) is 1.55. The van der Waals surface area contributed by atoms with E-state index in [0.29, 0.717) is 6.61 Å². The van der Waals surface area contributed by atoms with E-state index < -0.39 is 0 Å². The molecule has 0 unspecified atom stereocenters. The molecule has 0 fully saturated rings. The Morgan fingerprint density at radius 3 is 2.31 bits per heavy atom. The highest BCUT2D eigenvalue weighted by Crippen LogP contribution is 2.07. The van der Waals surface area contributed by atoms with E-state index in [0.717, 1.165) is 12.8 Å². The zero-order valence-electron chi connectivity index (χ0n) is 10.8. The first-order valence-electron chi connectivity index (χ1n) is 6.55. The summed E-state index contributed by atoms with van der Waals surface area (Å²) in [6, 6.07) is 0. The lowest BCUT2D eigenvalue weighted by molar-refractivity contribution is -0.140. The van der Waals surface area contributed by atoms with Crippen LogP contribution in [0.15, 0.2) is 12.2 Å². The highest BCUT2D eigenvalue weighted by Gasteiger charge is 1.90. The zero-order chi connectivity index (χ0) is 12.1. The van der Waals surface area contributed by atoms with Crippen LogP contribution in [0.4, 0.5) is 0 Å². The predicted molar refractivity (Wildman–Crippen MR) is 68.4 cm³/mol. The lowest BCUT2D eigenvalue weighted by Gasteiger charge is -1.98. The average molecular weight is 226 g/mol. The lowest BCUT2D eigenvalue weighted by atomic mass is 10.1. The maximum absolute atomic E-state index is 10.5. The molecule has 0 aromatic rings. The Balaban J connectivity index is 3.06. The van der Waals surface area contributed by atoms with E-state index in [4.69, 9.17) is 4.74 Å². The second-order valence-electron chi connectivity index (χ2n) is 4.16. The van der Waals surface area contributed by atoms with Crippen molar-refractivity contribution < 1.29 is 9.53 Å². The Labute approximate surface area is 100 Å². The van der Waals surface area contributed by atoms with Crippen LogP contribution in [0.5, 0.6) is 0 Å². The van der Waals surface area contributed by atoms with Crippen LogP contribution >= 0.6 is 0 Å². The van der Waals surface area contributed by atoms with Gasteiger partial charge in [0.15, 0.2) is 0 Å². The van der Waals surface area contributed by atoms with Gasteiger partial charge < -0.3 is 4.74 Å². The Bertz CT molecular complexity index is 185. The molecule has 16 heavy (non-hydrogen) atoms. The van der Waals surface area contributed by atoms with Crippen molar-refractivity contribution in [2.75, 3.05) is 6.61 Å². The van der Waals surface area contributed by atoms with Crippen molar-refractivity contribution in [2.24, 2.45) is 0 Å². The van der Waals surface area contributed by atoms with Gasteiger partial charge in [-0.3, -0.25) is 4.79 Å². The topological polar surface area (TPSA) is 26.3 Å². The molecule has 0 N–H and O–H groups in total. The Kier molecular flexibility index (Phi) is 11.7. The molecule has 0 aliphatic carbocycles. The number of rotatable bonds is 10. The molecule has 94 valence electrons. The summed E-state index contributed by atoms with van der Waals surface area (Å²) >= 11 is 0. The molecule has 2 nitrogen and oxygen atoms in total. The van der Waals surface area contributed by atoms with Crippen LogP contribution in [0.1, 0.15) is 65.2 Å². The normalized spacial score (nSPS) is 10.9. The molecular weight excluding hydrogens is 200 g/mol. The van der Waals surface area contributed by atoms with Crippen molar-refractivity contribution in [2.45, 2.75) is 65.2 Å².